The SMILES string of the molecule is N#CC1(OCC2CN(CCCCc3ccccc3)CCO2)C=CC=CC1Cl. The molecule has 0 bridgehead atoms. The number of hydrogen-bond acceptors (Lipinski definition) is 4. The van der Waals surface area contributed by atoms with Crippen molar-refractivity contribution in [2.24, 2.45) is 0 Å². The molecule has 0 N–H and O–H groups in total. The zero-order chi connectivity index (χ0) is 19.0. The Kier molecular flexibility index (Phi) is 7.49. The van der Waals surface area contributed by atoms with Crippen LogP contribution < -0.4 is 0 Å². The lowest BCUT2D eigenvalue weighted by molar-refractivity contribution is -0.0901. The van der Waals surface area contributed by atoms with Crippen LogP contribution in [0.15, 0.2) is 54.6 Å². The topological polar surface area (TPSA) is 45.5 Å². The smallest absolute Gasteiger partial charge is 0.192 e. The maximum Gasteiger partial charge on any atom is 0.192 e. The predicted molar refractivity (Wildman–Crippen MR) is 108 cm³/mol. The fourth-order valence-corrected chi connectivity index (χ4v) is 3.75. The molecular weight excluding hydrogens is 360 g/mol. The second kappa shape index (κ2) is 10.1. The van der Waals surface area contributed by atoms with Crippen LogP contribution in [0.4, 0.5) is 0 Å². The van der Waals surface area contributed by atoms with E-state index in [9.17, 15) is 5.26 Å². The molecule has 1 saturated heterocycles. The van der Waals surface area contributed by atoms with E-state index in [4.69, 9.17) is 21.1 Å². The van der Waals surface area contributed by atoms with E-state index in [1.807, 2.05) is 12.2 Å². The maximum atomic E-state index is 9.53. The number of halogens is 1. The number of ether oxygens (including phenoxy) is 2. The van der Waals surface area contributed by atoms with Crippen LogP contribution in [0.3, 0.4) is 0 Å². The first kappa shape index (κ1) is 20.1. The molecule has 1 aromatic carbocycles. The van der Waals surface area contributed by atoms with Gasteiger partial charge in [0.25, 0.3) is 0 Å². The molecule has 1 aromatic rings. The van der Waals surface area contributed by atoms with Gasteiger partial charge in [-0.15, -0.1) is 11.6 Å². The van der Waals surface area contributed by atoms with Gasteiger partial charge in [-0.05, 0) is 37.4 Å². The molecule has 2 aliphatic rings. The molecule has 0 radical (unpaired) electrons. The Morgan fingerprint density at radius 1 is 1.26 bits per heavy atom. The molecule has 1 heterocycles. The average Bonchev–Trinajstić information content (AvgIpc) is 2.72. The van der Waals surface area contributed by atoms with Gasteiger partial charge in [-0.25, -0.2) is 0 Å². The molecule has 144 valence electrons. The summed E-state index contributed by atoms with van der Waals surface area (Å²) in [5, 5.41) is 9.05. The van der Waals surface area contributed by atoms with E-state index in [2.05, 4.69) is 41.3 Å². The highest BCUT2D eigenvalue weighted by molar-refractivity contribution is 6.23. The summed E-state index contributed by atoms with van der Waals surface area (Å²) in [6.07, 6.45) is 10.6. The summed E-state index contributed by atoms with van der Waals surface area (Å²) in [6.45, 7) is 3.92. The molecule has 3 atom stereocenters. The molecule has 4 nitrogen and oxygen atoms in total. The van der Waals surface area contributed by atoms with E-state index in [1.54, 1.807) is 12.2 Å². The highest BCUT2D eigenvalue weighted by atomic mass is 35.5. The molecule has 1 aliphatic heterocycles. The zero-order valence-corrected chi connectivity index (χ0v) is 16.4. The van der Waals surface area contributed by atoms with Gasteiger partial charge >= 0.3 is 0 Å². The van der Waals surface area contributed by atoms with Gasteiger partial charge in [-0.2, -0.15) is 5.26 Å². The minimum atomic E-state index is -1.10. The molecule has 0 spiro atoms. The lowest BCUT2D eigenvalue weighted by atomic mass is 9.96. The third-order valence-corrected chi connectivity index (χ3v) is 5.55. The lowest BCUT2D eigenvalue weighted by Crippen LogP contribution is -2.47. The van der Waals surface area contributed by atoms with Crippen molar-refractivity contribution in [2.45, 2.75) is 36.3 Å². The fourth-order valence-electron chi connectivity index (χ4n) is 3.48. The van der Waals surface area contributed by atoms with Gasteiger partial charge in [0.15, 0.2) is 5.60 Å². The van der Waals surface area contributed by atoms with Crippen molar-refractivity contribution < 1.29 is 9.47 Å². The van der Waals surface area contributed by atoms with Gasteiger partial charge < -0.3 is 9.47 Å². The number of alkyl halides is 1. The molecule has 3 unspecified atom stereocenters. The minimum absolute atomic E-state index is 0.0266. The Labute approximate surface area is 167 Å². The summed E-state index contributed by atoms with van der Waals surface area (Å²) < 4.78 is 11.8. The first-order valence-corrected chi connectivity index (χ1v) is 10.1. The van der Waals surface area contributed by atoms with Crippen LogP contribution in [-0.2, 0) is 15.9 Å². The molecular formula is C22H27ClN2O2. The van der Waals surface area contributed by atoms with Crippen molar-refractivity contribution in [1.29, 1.82) is 5.26 Å². The van der Waals surface area contributed by atoms with E-state index in [-0.39, 0.29) is 6.10 Å². The van der Waals surface area contributed by atoms with Gasteiger partial charge in [-0.3, -0.25) is 4.90 Å². The lowest BCUT2D eigenvalue weighted by Gasteiger charge is -2.35. The van der Waals surface area contributed by atoms with E-state index < -0.39 is 11.0 Å². The largest absolute Gasteiger partial charge is 0.373 e. The van der Waals surface area contributed by atoms with Crippen molar-refractivity contribution in [3.8, 4) is 6.07 Å². The average molecular weight is 387 g/mol. The quantitative estimate of drug-likeness (QED) is 0.504. The third kappa shape index (κ3) is 5.67. The normalized spacial score (nSPS) is 28.1. The summed E-state index contributed by atoms with van der Waals surface area (Å²) in [4.78, 5) is 2.43. The number of hydrogen-bond donors (Lipinski definition) is 0. The highest BCUT2D eigenvalue weighted by Crippen LogP contribution is 2.27. The van der Waals surface area contributed by atoms with Crippen LogP contribution in [0.5, 0.6) is 0 Å². The number of nitrogens with zero attached hydrogens (tertiary/aromatic N) is 2. The van der Waals surface area contributed by atoms with E-state index >= 15 is 0 Å². The number of benzene rings is 1. The van der Waals surface area contributed by atoms with Gasteiger partial charge in [0.1, 0.15) is 6.07 Å². The maximum absolute atomic E-state index is 9.53. The summed E-state index contributed by atoms with van der Waals surface area (Å²) in [5.41, 5.74) is 0.301. The minimum Gasteiger partial charge on any atom is -0.373 e. The number of rotatable bonds is 8. The number of unbranched alkanes of at least 4 members (excludes halogenated alkanes) is 1. The van der Waals surface area contributed by atoms with Crippen molar-refractivity contribution in [1.82, 2.24) is 4.90 Å². The number of aryl methyl sites for hydroxylation is 1. The summed E-state index contributed by atoms with van der Waals surface area (Å²) in [6, 6.07) is 12.8. The van der Waals surface area contributed by atoms with Gasteiger partial charge in [0.05, 0.1) is 24.7 Å². The number of morpholine rings is 1. The van der Waals surface area contributed by atoms with Crippen LogP contribution in [0, 0.1) is 11.3 Å². The Morgan fingerprint density at radius 2 is 2.11 bits per heavy atom. The van der Waals surface area contributed by atoms with Crippen LogP contribution in [0.1, 0.15) is 18.4 Å². The first-order chi connectivity index (χ1) is 13.2. The second-order valence-corrected chi connectivity index (χ2v) is 7.57. The summed E-state index contributed by atoms with van der Waals surface area (Å²) >= 11 is 6.28. The van der Waals surface area contributed by atoms with Crippen molar-refractivity contribution in [3.05, 3.63) is 60.2 Å². The van der Waals surface area contributed by atoms with Crippen LogP contribution in [0.25, 0.3) is 0 Å². The first-order valence-electron chi connectivity index (χ1n) is 9.65. The van der Waals surface area contributed by atoms with E-state index in [1.165, 1.54) is 18.4 Å². The van der Waals surface area contributed by atoms with E-state index in [0.29, 0.717) is 13.2 Å². The Hall–Kier alpha value is -1.64. The Balaban J connectivity index is 1.39. The van der Waals surface area contributed by atoms with Crippen molar-refractivity contribution in [2.75, 3.05) is 32.8 Å². The predicted octanol–water partition coefficient (Wildman–Crippen LogP) is 3.72. The van der Waals surface area contributed by atoms with Gasteiger partial charge in [0, 0.05) is 13.1 Å². The van der Waals surface area contributed by atoms with E-state index in [0.717, 1.165) is 26.1 Å². The second-order valence-electron chi connectivity index (χ2n) is 7.10. The Morgan fingerprint density at radius 3 is 2.89 bits per heavy atom. The molecule has 27 heavy (non-hydrogen) atoms. The molecule has 5 heteroatoms. The molecule has 0 aromatic heterocycles. The number of nitriles is 1. The van der Waals surface area contributed by atoms with Gasteiger partial charge in [-0.1, -0.05) is 48.6 Å². The highest BCUT2D eigenvalue weighted by Gasteiger charge is 2.38. The monoisotopic (exact) mass is 386 g/mol. The zero-order valence-electron chi connectivity index (χ0n) is 15.6. The molecule has 0 amide bonds. The van der Waals surface area contributed by atoms with Gasteiger partial charge in [0.2, 0.25) is 0 Å². The number of allylic oxidation sites excluding steroid dienone is 2. The fraction of sp³-hybridized carbons (Fsp3) is 0.500. The summed E-state index contributed by atoms with van der Waals surface area (Å²) in [5.74, 6) is 0. The van der Waals surface area contributed by atoms with Crippen LogP contribution in [0.2, 0.25) is 0 Å². The Bertz CT molecular complexity index is 685. The molecule has 3 rings (SSSR count). The third-order valence-electron chi connectivity index (χ3n) is 5.08. The van der Waals surface area contributed by atoms with Crippen molar-refractivity contribution in [3.63, 3.8) is 0 Å². The summed E-state index contributed by atoms with van der Waals surface area (Å²) in [7, 11) is 0. The van der Waals surface area contributed by atoms with Crippen molar-refractivity contribution >= 4 is 11.6 Å². The molecule has 1 aliphatic carbocycles. The molecule has 0 saturated carbocycles. The van der Waals surface area contributed by atoms with Crippen LogP contribution in [-0.4, -0.2) is 54.8 Å². The molecule has 1 fully saturated rings. The van der Waals surface area contributed by atoms with Crippen LogP contribution >= 0.6 is 11.6 Å². The standard InChI is InChI=1S/C22H27ClN2O2/c23-21-11-4-6-12-22(21,18-24)27-17-20-16-25(14-15-26-20)13-7-5-10-19-8-2-1-3-9-19/h1-4,6,8-9,11-12,20-21H,5,7,10,13-17H2.